The minimum absolute atomic E-state index is 0.210. The Kier molecular flexibility index (Phi) is 5.07. The molecule has 2 aromatic heterocycles. The summed E-state index contributed by atoms with van der Waals surface area (Å²) in [4.78, 5) is 24.2. The van der Waals surface area contributed by atoms with E-state index in [4.69, 9.17) is 0 Å². The molecule has 8 nitrogen and oxygen atoms in total. The number of anilines is 1. The molecule has 0 atom stereocenters. The summed E-state index contributed by atoms with van der Waals surface area (Å²) in [5.74, 6) is 0.409. The molecule has 3 rings (SSSR count). The zero-order valence-electron chi connectivity index (χ0n) is 12.8. The minimum atomic E-state index is -3.61. The fourth-order valence-corrected chi connectivity index (χ4v) is 4.38. The fourth-order valence-electron chi connectivity index (χ4n) is 2.37. The summed E-state index contributed by atoms with van der Waals surface area (Å²) < 4.78 is 26.6. The van der Waals surface area contributed by atoms with Crippen molar-refractivity contribution >= 4 is 33.2 Å². The van der Waals surface area contributed by atoms with Crippen LogP contribution in [-0.4, -0.2) is 61.9 Å². The number of hydrogen-bond acceptors (Lipinski definition) is 7. The second kappa shape index (κ2) is 7.24. The number of amides is 1. The maximum Gasteiger partial charge on any atom is 0.250 e. The Hall–Kier alpha value is -2.04. The number of nitrogens with one attached hydrogen (secondary N) is 1. The summed E-state index contributed by atoms with van der Waals surface area (Å²) >= 11 is 1.12. The molecule has 1 amide bonds. The third kappa shape index (κ3) is 3.89. The van der Waals surface area contributed by atoms with E-state index in [0.717, 1.165) is 11.3 Å². The van der Waals surface area contributed by atoms with E-state index >= 15 is 0 Å². The first kappa shape index (κ1) is 16.8. The molecule has 2 aromatic rings. The van der Waals surface area contributed by atoms with Gasteiger partial charge in [-0.25, -0.2) is 23.1 Å². The summed E-state index contributed by atoms with van der Waals surface area (Å²) in [7, 11) is -3.61. The van der Waals surface area contributed by atoms with Crippen LogP contribution < -0.4 is 9.62 Å². The van der Waals surface area contributed by atoms with Gasteiger partial charge in [0.25, 0.3) is 10.0 Å². The molecule has 1 fully saturated rings. The van der Waals surface area contributed by atoms with E-state index in [0.29, 0.717) is 32.1 Å². The Labute approximate surface area is 144 Å². The molecule has 24 heavy (non-hydrogen) atoms. The normalized spacial score (nSPS) is 15.5. The van der Waals surface area contributed by atoms with Crippen molar-refractivity contribution in [3.63, 3.8) is 0 Å². The van der Waals surface area contributed by atoms with Crippen molar-refractivity contribution in [3.8, 4) is 0 Å². The number of hydrogen-bond donors (Lipinski definition) is 1. The monoisotopic (exact) mass is 367 g/mol. The van der Waals surface area contributed by atoms with Gasteiger partial charge in [0, 0.05) is 38.6 Å². The van der Waals surface area contributed by atoms with Crippen LogP contribution in [0.5, 0.6) is 0 Å². The third-order valence-electron chi connectivity index (χ3n) is 3.64. The summed E-state index contributed by atoms with van der Waals surface area (Å²) in [5, 5.41) is 1.68. The Balaban J connectivity index is 1.51. The summed E-state index contributed by atoms with van der Waals surface area (Å²) in [6.45, 7) is 2.03. The molecular formula is C14H17N5O3S2. The van der Waals surface area contributed by atoms with Crippen molar-refractivity contribution < 1.29 is 13.2 Å². The van der Waals surface area contributed by atoms with Crippen LogP contribution in [0.2, 0.25) is 0 Å². The topological polar surface area (TPSA) is 95.5 Å². The van der Waals surface area contributed by atoms with E-state index in [1.165, 1.54) is 6.07 Å². The van der Waals surface area contributed by atoms with Gasteiger partial charge in [-0.2, -0.15) is 0 Å². The number of nitrogens with zero attached hydrogens (tertiary/aromatic N) is 4. The molecule has 0 aliphatic carbocycles. The van der Waals surface area contributed by atoms with Gasteiger partial charge in [-0.1, -0.05) is 6.07 Å². The summed E-state index contributed by atoms with van der Waals surface area (Å²) in [5.41, 5.74) is 0. The maximum atomic E-state index is 12.2. The van der Waals surface area contributed by atoms with Crippen molar-refractivity contribution in [2.45, 2.75) is 4.21 Å². The predicted octanol–water partition coefficient (Wildman–Crippen LogP) is 0.165. The molecule has 1 saturated heterocycles. The number of carbonyl (C=O) groups excluding carboxylic acids is 1. The lowest BCUT2D eigenvalue weighted by molar-refractivity contribution is -0.130. The van der Waals surface area contributed by atoms with Crippen molar-refractivity contribution in [1.29, 1.82) is 0 Å². The molecule has 3 heterocycles. The lowest BCUT2D eigenvalue weighted by atomic mass is 10.3. The number of aromatic nitrogens is 2. The first-order valence-corrected chi connectivity index (χ1v) is 9.75. The highest BCUT2D eigenvalue weighted by Gasteiger charge is 2.24. The summed E-state index contributed by atoms with van der Waals surface area (Å²) in [6.07, 6.45) is 3.36. The van der Waals surface area contributed by atoms with Crippen LogP contribution in [0.15, 0.2) is 40.2 Å². The highest BCUT2D eigenvalue weighted by Crippen LogP contribution is 2.15. The van der Waals surface area contributed by atoms with E-state index < -0.39 is 10.0 Å². The standard InChI is InChI=1S/C14H17N5O3S2/c20-12(11-17-24(21,22)13-3-1-10-23-13)18-6-8-19(9-7-18)14-15-4-2-5-16-14/h1-5,10,17H,6-9,11H2. The molecule has 0 aromatic carbocycles. The molecule has 0 unspecified atom stereocenters. The Morgan fingerprint density at radius 3 is 2.50 bits per heavy atom. The van der Waals surface area contributed by atoms with Crippen LogP contribution in [0.3, 0.4) is 0 Å². The minimum Gasteiger partial charge on any atom is -0.338 e. The van der Waals surface area contributed by atoms with Crippen LogP contribution in [0.1, 0.15) is 0 Å². The van der Waals surface area contributed by atoms with E-state index in [1.807, 2.05) is 4.90 Å². The van der Waals surface area contributed by atoms with Gasteiger partial charge in [-0.3, -0.25) is 4.79 Å². The molecule has 1 aliphatic rings. The van der Waals surface area contributed by atoms with Gasteiger partial charge >= 0.3 is 0 Å². The average molecular weight is 367 g/mol. The van der Waals surface area contributed by atoms with Crippen LogP contribution in [0.4, 0.5) is 5.95 Å². The van der Waals surface area contributed by atoms with Crippen molar-refractivity contribution in [3.05, 3.63) is 36.0 Å². The second-order valence-electron chi connectivity index (χ2n) is 5.17. The maximum absolute atomic E-state index is 12.2. The molecule has 10 heteroatoms. The zero-order chi connectivity index (χ0) is 17.0. The SMILES string of the molecule is O=C(CNS(=O)(=O)c1cccs1)N1CCN(c2ncccn2)CC1. The van der Waals surface area contributed by atoms with Crippen LogP contribution in [-0.2, 0) is 14.8 Å². The van der Waals surface area contributed by atoms with Crippen molar-refractivity contribution in [2.24, 2.45) is 0 Å². The zero-order valence-corrected chi connectivity index (χ0v) is 14.5. The van der Waals surface area contributed by atoms with E-state index in [-0.39, 0.29) is 16.7 Å². The highest BCUT2D eigenvalue weighted by atomic mass is 32.2. The van der Waals surface area contributed by atoms with Crippen molar-refractivity contribution in [2.75, 3.05) is 37.6 Å². The number of carbonyl (C=O) groups is 1. The van der Waals surface area contributed by atoms with E-state index in [2.05, 4.69) is 14.7 Å². The summed E-state index contributed by atoms with van der Waals surface area (Å²) in [6, 6.07) is 4.92. The second-order valence-corrected chi connectivity index (χ2v) is 8.11. The molecule has 0 bridgehead atoms. The van der Waals surface area contributed by atoms with Crippen molar-refractivity contribution in [1.82, 2.24) is 19.6 Å². The third-order valence-corrected chi connectivity index (χ3v) is 6.44. The molecule has 0 saturated carbocycles. The van der Waals surface area contributed by atoms with Crippen LogP contribution >= 0.6 is 11.3 Å². The Bertz CT molecular complexity index is 772. The first-order valence-electron chi connectivity index (χ1n) is 7.39. The number of rotatable bonds is 5. The van der Waals surface area contributed by atoms with Gasteiger partial charge in [0.1, 0.15) is 4.21 Å². The molecule has 1 aliphatic heterocycles. The number of sulfonamides is 1. The fraction of sp³-hybridized carbons (Fsp3) is 0.357. The molecule has 128 valence electrons. The first-order chi connectivity index (χ1) is 11.6. The van der Waals surface area contributed by atoms with Gasteiger partial charge in [-0.05, 0) is 17.5 Å². The molecule has 0 spiro atoms. The van der Waals surface area contributed by atoms with Gasteiger partial charge in [-0.15, -0.1) is 11.3 Å². The van der Waals surface area contributed by atoms with E-state index in [9.17, 15) is 13.2 Å². The van der Waals surface area contributed by atoms with Gasteiger partial charge in [0.2, 0.25) is 11.9 Å². The lowest BCUT2D eigenvalue weighted by Crippen LogP contribution is -2.51. The highest BCUT2D eigenvalue weighted by molar-refractivity contribution is 7.91. The molecule has 0 radical (unpaired) electrons. The lowest BCUT2D eigenvalue weighted by Gasteiger charge is -2.34. The molecule has 1 N–H and O–H groups in total. The molecular weight excluding hydrogens is 350 g/mol. The van der Waals surface area contributed by atoms with Gasteiger partial charge in [0.05, 0.1) is 6.54 Å². The largest absolute Gasteiger partial charge is 0.338 e. The Morgan fingerprint density at radius 1 is 1.17 bits per heavy atom. The number of piperazine rings is 1. The van der Waals surface area contributed by atoms with Gasteiger partial charge < -0.3 is 9.80 Å². The van der Waals surface area contributed by atoms with E-state index in [1.54, 1.807) is 34.8 Å². The average Bonchev–Trinajstić information content (AvgIpc) is 3.16. The van der Waals surface area contributed by atoms with Crippen LogP contribution in [0, 0.1) is 0 Å². The van der Waals surface area contributed by atoms with Crippen LogP contribution in [0.25, 0.3) is 0 Å². The smallest absolute Gasteiger partial charge is 0.250 e. The predicted molar refractivity (Wildman–Crippen MR) is 90.3 cm³/mol. The quantitative estimate of drug-likeness (QED) is 0.809. The van der Waals surface area contributed by atoms with Gasteiger partial charge in [0.15, 0.2) is 0 Å². The number of thiophene rings is 1. The Morgan fingerprint density at radius 2 is 1.88 bits per heavy atom.